The van der Waals surface area contributed by atoms with Crippen molar-refractivity contribution in [2.24, 2.45) is 0 Å². The fourth-order valence-electron chi connectivity index (χ4n) is 4.32. The molecule has 0 radical (unpaired) electrons. The van der Waals surface area contributed by atoms with E-state index in [1.807, 2.05) is 31.2 Å². The Hall–Kier alpha value is -2.38. The van der Waals surface area contributed by atoms with Gasteiger partial charge in [-0.3, -0.25) is 4.79 Å². The van der Waals surface area contributed by atoms with Gasteiger partial charge in [0, 0.05) is 31.7 Å². The lowest BCUT2D eigenvalue weighted by molar-refractivity contribution is -0.118. The summed E-state index contributed by atoms with van der Waals surface area (Å²) in [6.45, 7) is 4.36. The fraction of sp³-hybridized carbons (Fsp3) is 0.458. The predicted octanol–water partition coefficient (Wildman–Crippen LogP) is 3.92. The number of hydrogen-bond acceptors (Lipinski definition) is 4. The molecule has 4 rings (SSSR count). The molecule has 2 aromatic carbocycles. The van der Waals surface area contributed by atoms with Crippen molar-refractivity contribution in [2.75, 3.05) is 31.1 Å². The molecule has 2 aromatic rings. The second kappa shape index (κ2) is 9.40. The molecule has 6 nitrogen and oxygen atoms in total. The van der Waals surface area contributed by atoms with Crippen LogP contribution in [0, 0.1) is 6.92 Å². The quantitative estimate of drug-likeness (QED) is 0.610. The van der Waals surface area contributed by atoms with E-state index in [0.29, 0.717) is 44.0 Å². The van der Waals surface area contributed by atoms with Gasteiger partial charge in [-0.15, -0.1) is 0 Å². The summed E-state index contributed by atoms with van der Waals surface area (Å²) in [6.07, 6.45) is 4.50. The number of nitrogens with zero attached hydrogens (tertiary/aromatic N) is 2. The number of ether oxygens (including phenoxy) is 1. The van der Waals surface area contributed by atoms with Crippen LogP contribution in [-0.4, -0.2) is 44.9 Å². The van der Waals surface area contributed by atoms with E-state index in [4.69, 9.17) is 4.74 Å². The van der Waals surface area contributed by atoms with E-state index in [9.17, 15) is 13.2 Å². The van der Waals surface area contributed by atoms with E-state index < -0.39 is 10.0 Å². The number of rotatable bonds is 7. The van der Waals surface area contributed by atoms with Crippen LogP contribution >= 0.6 is 0 Å². The number of amides is 1. The average molecular weight is 443 g/mol. The highest BCUT2D eigenvalue weighted by atomic mass is 32.2. The smallest absolute Gasteiger partial charge is 0.243 e. The Morgan fingerprint density at radius 1 is 1.03 bits per heavy atom. The van der Waals surface area contributed by atoms with E-state index in [1.54, 1.807) is 27.4 Å². The molecule has 0 spiro atoms. The minimum absolute atomic E-state index is 0.0592. The number of anilines is 1. The zero-order valence-electron chi connectivity index (χ0n) is 18.0. The van der Waals surface area contributed by atoms with Gasteiger partial charge in [0.15, 0.2) is 0 Å². The second-order valence-corrected chi connectivity index (χ2v) is 10.3. The minimum Gasteiger partial charge on any atom is -0.494 e. The molecular formula is C24H30N2O4S. The predicted molar refractivity (Wildman–Crippen MR) is 121 cm³/mol. The monoisotopic (exact) mass is 442 g/mol. The molecule has 0 aliphatic carbocycles. The first-order valence-electron chi connectivity index (χ1n) is 11.1. The summed E-state index contributed by atoms with van der Waals surface area (Å²) >= 11 is 0. The lowest BCUT2D eigenvalue weighted by Gasteiger charge is -2.30. The number of fused-ring (bicyclic) bond motifs is 1. The lowest BCUT2D eigenvalue weighted by atomic mass is 10.0. The summed E-state index contributed by atoms with van der Waals surface area (Å²) in [5.41, 5.74) is 2.93. The fourth-order valence-corrected chi connectivity index (χ4v) is 5.89. The third-order valence-electron chi connectivity index (χ3n) is 5.97. The molecule has 1 amide bonds. The van der Waals surface area contributed by atoms with E-state index >= 15 is 0 Å². The van der Waals surface area contributed by atoms with Crippen molar-refractivity contribution >= 4 is 21.6 Å². The number of aryl methyl sites for hydroxylation is 2. The molecular weight excluding hydrogens is 412 g/mol. The van der Waals surface area contributed by atoms with E-state index in [0.717, 1.165) is 48.2 Å². The van der Waals surface area contributed by atoms with Gasteiger partial charge in [-0.2, -0.15) is 4.31 Å². The lowest BCUT2D eigenvalue weighted by Crippen LogP contribution is -2.36. The van der Waals surface area contributed by atoms with Crippen molar-refractivity contribution in [2.45, 2.75) is 50.3 Å². The molecule has 166 valence electrons. The summed E-state index contributed by atoms with van der Waals surface area (Å²) < 4.78 is 33.1. The van der Waals surface area contributed by atoms with Crippen molar-refractivity contribution < 1.29 is 17.9 Å². The highest BCUT2D eigenvalue weighted by molar-refractivity contribution is 7.89. The zero-order chi connectivity index (χ0) is 21.8. The van der Waals surface area contributed by atoms with Gasteiger partial charge >= 0.3 is 0 Å². The van der Waals surface area contributed by atoms with Crippen LogP contribution in [0.15, 0.2) is 47.4 Å². The standard InChI is InChI=1S/C24H30N2O4S/c1-19-7-4-9-21(17-19)30-16-6-10-24(27)26-15-5-8-20-18-22(11-12-23(20)26)31(28,29)25-13-2-3-14-25/h4,7,9,11-12,17-18H,2-3,5-6,8,10,13-16H2,1H3. The normalized spacial score (nSPS) is 16.9. The number of carbonyl (C=O) groups excluding carboxylic acids is 1. The number of carbonyl (C=O) groups is 1. The van der Waals surface area contributed by atoms with Crippen LogP contribution in [0.3, 0.4) is 0 Å². The number of benzene rings is 2. The third kappa shape index (κ3) is 4.93. The van der Waals surface area contributed by atoms with Crippen molar-refractivity contribution in [3.8, 4) is 5.75 Å². The molecule has 0 unspecified atom stereocenters. The molecule has 2 heterocycles. The Balaban J connectivity index is 1.39. The van der Waals surface area contributed by atoms with Gasteiger partial charge in [-0.1, -0.05) is 12.1 Å². The molecule has 0 saturated carbocycles. The molecule has 2 aliphatic rings. The average Bonchev–Trinajstić information content (AvgIpc) is 3.32. The van der Waals surface area contributed by atoms with Crippen LogP contribution in [0.4, 0.5) is 5.69 Å². The first-order chi connectivity index (χ1) is 14.9. The summed E-state index contributed by atoms with van der Waals surface area (Å²) in [4.78, 5) is 15.0. The maximum atomic E-state index is 12.9. The highest BCUT2D eigenvalue weighted by Gasteiger charge is 2.29. The SMILES string of the molecule is Cc1cccc(OCCCC(=O)N2CCCc3cc(S(=O)(=O)N4CCCC4)ccc32)c1. The van der Waals surface area contributed by atoms with Crippen LogP contribution in [0.1, 0.15) is 43.2 Å². The Labute approximate surface area is 184 Å². The Morgan fingerprint density at radius 3 is 2.61 bits per heavy atom. The number of sulfonamides is 1. The molecule has 1 fully saturated rings. The van der Waals surface area contributed by atoms with Gasteiger partial charge < -0.3 is 9.64 Å². The maximum absolute atomic E-state index is 12.9. The zero-order valence-corrected chi connectivity index (χ0v) is 18.9. The molecule has 1 saturated heterocycles. The molecule has 31 heavy (non-hydrogen) atoms. The first kappa shape index (κ1) is 21.8. The van der Waals surface area contributed by atoms with Crippen LogP contribution in [0.2, 0.25) is 0 Å². The highest BCUT2D eigenvalue weighted by Crippen LogP contribution is 2.31. The van der Waals surface area contributed by atoms with Crippen molar-refractivity contribution in [3.63, 3.8) is 0 Å². The molecule has 0 N–H and O–H groups in total. The van der Waals surface area contributed by atoms with Gasteiger partial charge in [0.05, 0.1) is 11.5 Å². The third-order valence-corrected chi connectivity index (χ3v) is 7.86. The van der Waals surface area contributed by atoms with E-state index in [2.05, 4.69) is 0 Å². The van der Waals surface area contributed by atoms with Gasteiger partial charge in [-0.25, -0.2) is 8.42 Å². The van der Waals surface area contributed by atoms with E-state index in [-0.39, 0.29) is 5.91 Å². The Morgan fingerprint density at radius 2 is 1.84 bits per heavy atom. The second-order valence-electron chi connectivity index (χ2n) is 8.32. The van der Waals surface area contributed by atoms with Crippen molar-refractivity contribution in [1.82, 2.24) is 4.31 Å². The maximum Gasteiger partial charge on any atom is 0.243 e. The minimum atomic E-state index is -3.44. The van der Waals surface area contributed by atoms with Gasteiger partial charge in [-0.05, 0) is 80.5 Å². The summed E-state index contributed by atoms with van der Waals surface area (Å²) in [7, 11) is -3.44. The van der Waals surface area contributed by atoms with Crippen molar-refractivity contribution in [1.29, 1.82) is 0 Å². The largest absolute Gasteiger partial charge is 0.494 e. The van der Waals surface area contributed by atoms with Crippen LogP contribution in [-0.2, 0) is 21.2 Å². The summed E-state index contributed by atoms with van der Waals surface area (Å²) in [5, 5.41) is 0. The topological polar surface area (TPSA) is 66.9 Å². The van der Waals surface area contributed by atoms with Crippen molar-refractivity contribution in [3.05, 3.63) is 53.6 Å². The van der Waals surface area contributed by atoms with Gasteiger partial charge in [0.25, 0.3) is 0 Å². The van der Waals surface area contributed by atoms with Crippen LogP contribution in [0.5, 0.6) is 5.75 Å². The van der Waals surface area contributed by atoms with Crippen LogP contribution < -0.4 is 9.64 Å². The molecule has 0 bridgehead atoms. The van der Waals surface area contributed by atoms with Gasteiger partial charge in [0.1, 0.15) is 5.75 Å². The van der Waals surface area contributed by atoms with Gasteiger partial charge in [0.2, 0.25) is 15.9 Å². The molecule has 2 aliphatic heterocycles. The Kier molecular flexibility index (Phi) is 6.62. The van der Waals surface area contributed by atoms with E-state index in [1.165, 1.54) is 0 Å². The van der Waals surface area contributed by atoms with Crippen LogP contribution in [0.25, 0.3) is 0 Å². The summed E-state index contributed by atoms with van der Waals surface area (Å²) in [5.74, 6) is 0.881. The molecule has 0 aromatic heterocycles. The Bertz CT molecular complexity index is 1050. The number of hydrogen-bond donors (Lipinski definition) is 0. The first-order valence-corrected chi connectivity index (χ1v) is 12.5. The molecule has 7 heteroatoms. The molecule has 0 atom stereocenters. The summed E-state index contributed by atoms with van der Waals surface area (Å²) in [6, 6.07) is 13.1.